The Kier molecular flexibility index (Phi) is 8.84. The maximum atomic E-state index is 13.3. The topological polar surface area (TPSA) is 130 Å². The summed E-state index contributed by atoms with van der Waals surface area (Å²) in [5.74, 6) is -0.0336. The predicted molar refractivity (Wildman–Crippen MR) is 138 cm³/mol. The molecule has 0 bridgehead atoms. The minimum atomic E-state index is -0.959. The Morgan fingerprint density at radius 1 is 1.16 bits per heavy atom. The number of carbonyl (C=O) groups excluding carboxylic acids is 2. The van der Waals surface area contributed by atoms with Crippen LogP contribution in [-0.2, 0) is 25.4 Å². The molecular formula is C28H41N3O7. The summed E-state index contributed by atoms with van der Waals surface area (Å²) in [7, 11) is 0. The summed E-state index contributed by atoms with van der Waals surface area (Å²) in [6.07, 6.45) is 3.01. The van der Waals surface area contributed by atoms with E-state index in [-0.39, 0.29) is 30.1 Å². The molecule has 2 amide bonds. The van der Waals surface area contributed by atoms with E-state index < -0.39 is 30.4 Å². The van der Waals surface area contributed by atoms with E-state index >= 15 is 0 Å². The number of hydrogen-bond acceptors (Lipinski definition) is 8. The molecule has 1 aliphatic carbocycles. The maximum Gasteiger partial charge on any atom is 0.407 e. The van der Waals surface area contributed by atoms with Crippen molar-refractivity contribution in [3.63, 3.8) is 0 Å². The van der Waals surface area contributed by atoms with E-state index in [1.807, 2.05) is 30.3 Å². The van der Waals surface area contributed by atoms with Crippen molar-refractivity contribution >= 4 is 12.0 Å². The number of benzene rings is 1. The second kappa shape index (κ2) is 12.3. The standard InChI is InChI=1S/C28H41N3O7/c32-21-7-6-20(15-21)31(24-16-28(30-26(24)34)9-12-36-13-10-28)17-25(33)23(14-19-4-2-1-3-5-19)29-27(35)38-22-8-11-37-18-22/h1-5,20-25,32-33H,6-18H2,(H,29,35)(H,30,34)/t20-,21-,22-,23-,24-,25+/m0/s1. The maximum absolute atomic E-state index is 13.3. The monoisotopic (exact) mass is 531 g/mol. The first kappa shape index (κ1) is 27.3. The number of aliphatic hydroxyl groups is 2. The van der Waals surface area contributed by atoms with Crippen molar-refractivity contribution in [2.45, 2.75) is 93.3 Å². The largest absolute Gasteiger partial charge is 0.444 e. The first-order valence-corrected chi connectivity index (χ1v) is 14.0. The van der Waals surface area contributed by atoms with Gasteiger partial charge in [0.05, 0.1) is 37.5 Å². The fraction of sp³-hybridized carbons (Fsp3) is 0.714. The number of alkyl carbamates (subject to hydrolysis) is 1. The molecule has 38 heavy (non-hydrogen) atoms. The molecule has 3 heterocycles. The fourth-order valence-electron chi connectivity index (χ4n) is 6.42. The van der Waals surface area contributed by atoms with Gasteiger partial charge in [-0.05, 0) is 50.5 Å². The number of nitrogens with zero attached hydrogens (tertiary/aromatic N) is 1. The third kappa shape index (κ3) is 6.66. The van der Waals surface area contributed by atoms with Crippen LogP contribution in [0.25, 0.3) is 0 Å². The lowest BCUT2D eigenvalue weighted by molar-refractivity contribution is -0.125. The van der Waals surface area contributed by atoms with Crippen LogP contribution < -0.4 is 10.6 Å². The van der Waals surface area contributed by atoms with Crippen molar-refractivity contribution < 1.29 is 34.0 Å². The molecule has 4 aliphatic rings. The summed E-state index contributed by atoms with van der Waals surface area (Å²) in [5, 5.41) is 28.0. The van der Waals surface area contributed by atoms with Crippen molar-refractivity contribution in [1.29, 1.82) is 0 Å². The molecule has 0 radical (unpaired) electrons. The molecule has 6 atom stereocenters. The smallest absolute Gasteiger partial charge is 0.407 e. The average molecular weight is 532 g/mol. The van der Waals surface area contributed by atoms with Gasteiger partial charge in [-0.3, -0.25) is 9.69 Å². The second-order valence-electron chi connectivity index (χ2n) is 11.3. The van der Waals surface area contributed by atoms with Crippen LogP contribution in [0.2, 0.25) is 0 Å². The zero-order valence-electron chi connectivity index (χ0n) is 21.9. The molecule has 0 unspecified atom stereocenters. The van der Waals surface area contributed by atoms with E-state index in [0.29, 0.717) is 58.5 Å². The lowest BCUT2D eigenvalue weighted by Crippen LogP contribution is -2.55. The van der Waals surface area contributed by atoms with E-state index in [1.165, 1.54) is 0 Å². The fourth-order valence-corrected chi connectivity index (χ4v) is 6.42. The molecule has 1 aromatic rings. The van der Waals surface area contributed by atoms with Crippen molar-refractivity contribution in [2.75, 3.05) is 33.0 Å². The van der Waals surface area contributed by atoms with E-state index in [0.717, 1.165) is 24.8 Å². The number of ether oxygens (including phenoxy) is 3. The highest BCUT2D eigenvalue weighted by Gasteiger charge is 2.49. The first-order chi connectivity index (χ1) is 18.4. The molecular weight excluding hydrogens is 490 g/mol. The Hall–Kier alpha value is -2.24. The van der Waals surface area contributed by atoms with Crippen LogP contribution in [0, 0.1) is 0 Å². The second-order valence-corrected chi connectivity index (χ2v) is 11.3. The lowest BCUT2D eigenvalue weighted by Gasteiger charge is -2.38. The summed E-state index contributed by atoms with van der Waals surface area (Å²) < 4.78 is 16.4. The van der Waals surface area contributed by atoms with Gasteiger partial charge in [0, 0.05) is 37.8 Å². The normalized spacial score (nSPS) is 30.3. The number of nitrogens with one attached hydrogen (secondary N) is 2. The van der Waals surface area contributed by atoms with Crippen LogP contribution in [0.3, 0.4) is 0 Å². The van der Waals surface area contributed by atoms with Gasteiger partial charge in [-0.1, -0.05) is 30.3 Å². The Labute approximate surface area is 224 Å². The Bertz CT molecular complexity index is 936. The Morgan fingerprint density at radius 2 is 1.95 bits per heavy atom. The molecule has 4 fully saturated rings. The number of amides is 2. The van der Waals surface area contributed by atoms with Crippen LogP contribution in [0.1, 0.15) is 50.5 Å². The van der Waals surface area contributed by atoms with Gasteiger partial charge in [0.25, 0.3) is 0 Å². The number of carbonyl (C=O) groups is 2. The number of aliphatic hydroxyl groups excluding tert-OH is 2. The van der Waals surface area contributed by atoms with Crippen molar-refractivity contribution in [1.82, 2.24) is 15.5 Å². The van der Waals surface area contributed by atoms with E-state index in [4.69, 9.17) is 14.2 Å². The zero-order valence-corrected chi connectivity index (χ0v) is 21.9. The third-order valence-corrected chi connectivity index (χ3v) is 8.60. The van der Waals surface area contributed by atoms with Crippen LogP contribution in [0.5, 0.6) is 0 Å². The van der Waals surface area contributed by atoms with Crippen LogP contribution in [0.15, 0.2) is 30.3 Å². The van der Waals surface area contributed by atoms with Gasteiger partial charge in [0.15, 0.2) is 0 Å². The quantitative estimate of drug-likeness (QED) is 0.373. The molecule has 10 nitrogen and oxygen atoms in total. The van der Waals surface area contributed by atoms with Gasteiger partial charge in [-0.2, -0.15) is 0 Å². The molecule has 0 aromatic heterocycles. The van der Waals surface area contributed by atoms with Crippen LogP contribution in [0.4, 0.5) is 4.79 Å². The van der Waals surface area contributed by atoms with Gasteiger partial charge < -0.3 is 35.1 Å². The van der Waals surface area contributed by atoms with Crippen molar-refractivity contribution in [3.05, 3.63) is 35.9 Å². The molecule has 3 saturated heterocycles. The van der Waals surface area contributed by atoms with Gasteiger partial charge in [0.1, 0.15) is 6.10 Å². The summed E-state index contributed by atoms with van der Waals surface area (Å²) in [6, 6.07) is 8.65. The molecule has 10 heteroatoms. The number of rotatable bonds is 9. The highest BCUT2D eigenvalue weighted by Crippen LogP contribution is 2.36. The molecule has 1 saturated carbocycles. The predicted octanol–water partition coefficient (Wildman–Crippen LogP) is 1.13. The summed E-state index contributed by atoms with van der Waals surface area (Å²) in [6.45, 7) is 2.38. The Balaban J connectivity index is 1.32. The third-order valence-electron chi connectivity index (χ3n) is 8.60. The van der Waals surface area contributed by atoms with E-state index in [9.17, 15) is 19.8 Å². The highest BCUT2D eigenvalue weighted by atomic mass is 16.6. The van der Waals surface area contributed by atoms with Gasteiger partial charge in [-0.25, -0.2) is 4.79 Å². The SMILES string of the molecule is O=C(N[C@@H](Cc1ccccc1)[C@H](O)CN([C@H]1CC[C@H](O)C1)[C@H]1CC2(CCOCC2)NC1=O)O[C@H]1CCOC1. The van der Waals surface area contributed by atoms with Gasteiger partial charge in [0.2, 0.25) is 5.91 Å². The van der Waals surface area contributed by atoms with E-state index in [1.54, 1.807) is 0 Å². The Morgan fingerprint density at radius 3 is 2.63 bits per heavy atom. The minimum absolute atomic E-state index is 0.0228. The van der Waals surface area contributed by atoms with Gasteiger partial charge in [-0.15, -0.1) is 0 Å². The molecule has 5 rings (SSSR count). The summed E-state index contributed by atoms with van der Waals surface area (Å²) in [5.41, 5.74) is 0.693. The molecule has 1 aromatic carbocycles. The van der Waals surface area contributed by atoms with Gasteiger partial charge >= 0.3 is 6.09 Å². The van der Waals surface area contributed by atoms with Crippen LogP contribution in [-0.4, -0.2) is 102 Å². The average Bonchev–Trinajstić information content (AvgIpc) is 3.64. The van der Waals surface area contributed by atoms with Crippen molar-refractivity contribution in [2.24, 2.45) is 0 Å². The lowest BCUT2D eigenvalue weighted by atomic mass is 9.87. The molecule has 210 valence electrons. The van der Waals surface area contributed by atoms with E-state index in [2.05, 4.69) is 15.5 Å². The minimum Gasteiger partial charge on any atom is -0.444 e. The summed E-state index contributed by atoms with van der Waals surface area (Å²) >= 11 is 0. The first-order valence-electron chi connectivity index (χ1n) is 14.0. The molecule has 3 aliphatic heterocycles. The van der Waals surface area contributed by atoms with Crippen LogP contribution >= 0.6 is 0 Å². The number of hydrogen-bond donors (Lipinski definition) is 4. The van der Waals surface area contributed by atoms with Crippen molar-refractivity contribution in [3.8, 4) is 0 Å². The summed E-state index contributed by atoms with van der Waals surface area (Å²) in [4.78, 5) is 28.2. The molecule has 1 spiro atoms. The highest BCUT2D eigenvalue weighted by molar-refractivity contribution is 5.85. The molecule has 4 N–H and O–H groups in total. The zero-order chi connectivity index (χ0) is 26.5.